The van der Waals surface area contributed by atoms with Crippen molar-refractivity contribution < 1.29 is 0 Å². The van der Waals surface area contributed by atoms with Crippen LogP contribution in [0.5, 0.6) is 0 Å². The molecule has 0 unspecified atom stereocenters. The van der Waals surface area contributed by atoms with Crippen LogP contribution in [-0.4, -0.2) is 21.7 Å². The molecule has 2 N–H and O–H groups in total. The second-order valence-corrected chi connectivity index (χ2v) is 4.57. The standard InChI is InChI=1S/C13H24N4O/c1-2-3-4-5-6-7-8-9-10-14-12-11-15-17-13(18)16-12/h11H,2-10H2,1H3,(H2,14,16,17,18). The largest absolute Gasteiger partial charge is 0.369 e. The number of nitrogens with zero attached hydrogens (tertiary/aromatic N) is 2. The Bertz CT molecular complexity index is 364. The highest BCUT2D eigenvalue weighted by Crippen LogP contribution is 2.08. The van der Waals surface area contributed by atoms with Gasteiger partial charge in [0.2, 0.25) is 0 Å². The van der Waals surface area contributed by atoms with E-state index >= 15 is 0 Å². The Kier molecular flexibility index (Phi) is 7.84. The highest BCUT2D eigenvalue weighted by molar-refractivity contribution is 5.28. The second-order valence-electron chi connectivity index (χ2n) is 4.57. The molecule has 0 amide bonds. The summed E-state index contributed by atoms with van der Waals surface area (Å²) < 4.78 is 0. The van der Waals surface area contributed by atoms with Crippen LogP contribution in [0.1, 0.15) is 58.3 Å². The molecule has 0 aliphatic carbocycles. The van der Waals surface area contributed by atoms with Crippen LogP contribution in [0, 0.1) is 0 Å². The zero-order valence-corrected chi connectivity index (χ0v) is 11.2. The lowest BCUT2D eigenvalue weighted by molar-refractivity contribution is 0.581. The van der Waals surface area contributed by atoms with E-state index in [1.54, 1.807) is 0 Å². The number of anilines is 1. The number of hydrogen-bond donors (Lipinski definition) is 2. The van der Waals surface area contributed by atoms with Gasteiger partial charge in [-0.3, -0.25) is 0 Å². The molecule has 1 rings (SSSR count). The van der Waals surface area contributed by atoms with Gasteiger partial charge in [0.1, 0.15) is 0 Å². The fourth-order valence-electron chi connectivity index (χ4n) is 1.87. The van der Waals surface area contributed by atoms with Crippen LogP contribution >= 0.6 is 0 Å². The average molecular weight is 252 g/mol. The maximum atomic E-state index is 10.9. The summed E-state index contributed by atoms with van der Waals surface area (Å²) in [7, 11) is 0. The Labute approximate surface area is 108 Å². The first-order valence-corrected chi connectivity index (χ1v) is 6.98. The van der Waals surface area contributed by atoms with Crippen molar-refractivity contribution in [1.82, 2.24) is 15.2 Å². The van der Waals surface area contributed by atoms with E-state index in [1.807, 2.05) is 0 Å². The molecule has 1 aromatic rings. The fourth-order valence-corrected chi connectivity index (χ4v) is 1.87. The normalized spacial score (nSPS) is 10.5. The zero-order chi connectivity index (χ0) is 13.1. The first kappa shape index (κ1) is 14.7. The lowest BCUT2D eigenvalue weighted by atomic mass is 10.1. The zero-order valence-electron chi connectivity index (χ0n) is 11.2. The smallest absolute Gasteiger partial charge is 0.363 e. The second kappa shape index (κ2) is 9.62. The summed E-state index contributed by atoms with van der Waals surface area (Å²) in [5, 5.41) is 9.03. The molecule has 0 aromatic carbocycles. The lowest BCUT2D eigenvalue weighted by Crippen LogP contribution is -2.15. The number of rotatable bonds is 10. The quantitative estimate of drug-likeness (QED) is 0.628. The third-order valence-corrected chi connectivity index (χ3v) is 2.91. The number of aromatic nitrogens is 3. The number of hydrogen-bond acceptors (Lipinski definition) is 4. The molecule has 0 radical (unpaired) electrons. The van der Waals surface area contributed by atoms with Gasteiger partial charge >= 0.3 is 5.69 Å². The third-order valence-electron chi connectivity index (χ3n) is 2.91. The van der Waals surface area contributed by atoms with E-state index in [9.17, 15) is 4.79 Å². The molecule has 5 heteroatoms. The molecule has 5 nitrogen and oxygen atoms in total. The number of H-pyrrole nitrogens is 1. The van der Waals surface area contributed by atoms with E-state index in [0.29, 0.717) is 5.82 Å². The predicted octanol–water partition coefficient (Wildman–Crippen LogP) is 2.72. The summed E-state index contributed by atoms with van der Waals surface area (Å²) in [6.45, 7) is 3.09. The van der Waals surface area contributed by atoms with Crippen molar-refractivity contribution in [1.29, 1.82) is 0 Å². The number of nitrogens with one attached hydrogen (secondary N) is 2. The van der Waals surface area contributed by atoms with Crippen molar-refractivity contribution in [3.8, 4) is 0 Å². The first-order valence-electron chi connectivity index (χ1n) is 6.98. The highest BCUT2D eigenvalue weighted by atomic mass is 16.1. The SMILES string of the molecule is CCCCCCCCCCNc1cn[nH]c(=O)n1. The third kappa shape index (κ3) is 7.04. The van der Waals surface area contributed by atoms with Crippen molar-refractivity contribution >= 4 is 5.82 Å². The average Bonchev–Trinajstić information content (AvgIpc) is 2.37. The summed E-state index contributed by atoms with van der Waals surface area (Å²) in [4.78, 5) is 14.6. The molecule has 0 saturated heterocycles. The van der Waals surface area contributed by atoms with Crippen LogP contribution in [0.25, 0.3) is 0 Å². The van der Waals surface area contributed by atoms with E-state index < -0.39 is 5.69 Å². The molecule has 0 saturated carbocycles. The number of unbranched alkanes of at least 4 members (excludes halogenated alkanes) is 7. The van der Waals surface area contributed by atoms with Gasteiger partial charge in [-0.2, -0.15) is 10.1 Å². The minimum Gasteiger partial charge on any atom is -0.369 e. The molecule has 0 aliphatic heterocycles. The Hall–Kier alpha value is -1.39. The summed E-state index contributed by atoms with van der Waals surface area (Å²) in [5.41, 5.74) is -0.407. The van der Waals surface area contributed by atoms with Gasteiger partial charge in [0.15, 0.2) is 5.82 Å². The van der Waals surface area contributed by atoms with Crippen molar-refractivity contribution in [2.24, 2.45) is 0 Å². The Morgan fingerprint density at radius 3 is 2.44 bits per heavy atom. The summed E-state index contributed by atoms with van der Waals surface area (Å²) in [5.74, 6) is 0.557. The molecule has 0 atom stereocenters. The van der Waals surface area contributed by atoms with E-state index in [0.717, 1.165) is 13.0 Å². The van der Waals surface area contributed by atoms with Crippen molar-refractivity contribution in [2.45, 2.75) is 58.3 Å². The monoisotopic (exact) mass is 252 g/mol. The molecule has 0 spiro atoms. The minimum atomic E-state index is -0.407. The van der Waals surface area contributed by atoms with Crippen LogP contribution in [0.4, 0.5) is 5.82 Å². The molecule has 0 aliphatic rings. The van der Waals surface area contributed by atoms with Crippen LogP contribution in [0.15, 0.2) is 11.0 Å². The molecular weight excluding hydrogens is 228 g/mol. The summed E-state index contributed by atoms with van der Waals surface area (Å²) in [6, 6.07) is 0. The van der Waals surface area contributed by atoms with E-state index in [2.05, 4.69) is 27.4 Å². The van der Waals surface area contributed by atoms with Gasteiger partial charge in [0, 0.05) is 6.54 Å². The van der Waals surface area contributed by atoms with Gasteiger partial charge in [0.25, 0.3) is 0 Å². The van der Waals surface area contributed by atoms with E-state index in [-0.39, 0.29) is 0 Å². The van der Waals surface area contributed by atoms with Gasteiger partial charge in [-0.05, 0) is 6.42 Å². The van der Waals surface area contributed by atoms with Crippen molar-refractivity contribution in [3.63, 3.8) is 0 Å². The summed E-state index contributed by atoms with van der Waals surface area (Å²) in [6.07, 6.45) is 11.9. The van der Waals surface area contributed by atoms with Gasteiger partial charge in [-0.25, -0.2) is 9.89 Å². The topological polar surface area (TPSA) is 70.7 Å². The van der Waals surface area contributed by atoms with Crippen LogP contribution in [-0.2, 0) is 0 Å². The molecule has 102 valence electrons. The van der Waals surface area contributed by atoms with Gasteiger partial charge in [0.05, 0.1) is 6.20 Å². The Balaban J connectivity index is 1.94. The molecule has 1 heterocycles. The predicted molar refractivity (Wildman–Crippen MR) is 73.8 cm³/mol. The first-order chi connectivity index (χ1) is 8.83. The van der Waals surface area contributed by atoms with Crippen molar-refractivity contribution in [2.75, 3.05) is 11.9 Å². The van der Waals surface area contributed by atoms with Crippen molar-refractivity contribution in [3.05, 3.63) is 16.7 Å². The maximum Gasteiger partial charge on any atom is 0.363 e. The van der Waals surface area contributed by atoms with E-state index in [4.69, 9.17) is 0 Å². The van der Waals surface area contributed by atoms with Gasteiger partial charge in [-0.1, -0.05) is 51.9 Å². The van der Waals surface area contributed by atoms with E-state index in [1.165, 1.54) is 51.1 Å². The van der Waals surface area contributed by atoms with Gasteiger partial charge < -0.3 is 5.32 Å². The Morgan fingerprint density at radius 2 is 1.78 bits per heavy atom. The lowest BCUT2D eigenvalue weighted by Gasteiger charge is -2.04. The highest BCUT2D eigenvalue weighted by Gasteiger charge is 1.95. The molecule has 0 fully saturated rings. The molecule has 18 heavy (non-hydrogen) atoms. The summed E-state index contributed by atoms with van der Waals surface area (Å²) >= 11 is 0. The van der Waals surface area contributed by atoms with Crippen LogP contribution < -0.4 is 11.0 Å². The molecular formula is C13H24N4O. The van der Waals surface area contributed by atoms with Crippen LogP contribution in [0.3, 0.4) is 0 Å². The maximum absolute atomic E-state index is 10.9. The minimum absolute atomic E-state index is 0.407. The number of aromatic amines is 1. The fraction of sp³-hybridized carbons (Fsp3) is 0.769. The molecule has 1 aromatic heterocycles. The molecule has 0 bridgehead atoms. The Morgan fingerprint density at radius 1 is 1.11 bits per heavy atom. The van der Waals surface area contributed by atoms with Gasteiger partial charge in [-0.15, -0.1) is 0 Å². The van der Waals surface area contributed by atoms with Crippen LogP contribution in [0.2, 0.25) is 0 Å².